The topological polar surface area (TPSA) is 76.2 Å². The van der Waals surface area contributed by atoms with Gasteiger partial charge in [0, 0.05) is 50.4 Å². The molecule has 2 saturated heterocycles. The number of aryl methyl sites for hydroxylation is 1. The Balaban J connectivity index is 1.21. The second-order valence-electron chi connectivity index (χ2n) is 8.68. The van der Waals surface area contributed by atoms with Gasteiger partial charge in [-0.3, -0.25) is 19.8 Å². The SMILES string of the molecule is Cc1cccc(N2CCN(Cc3ccc4c(c3)CN(N3CCC(=O)NC3=O)C4=O)CC2)c1. The predicted octanol–water partition coefficient (Wildman–Crippen LogP) is 2.13. The van der Waals surface area contributed by atoms with Crippen LogP contribution >= 0.6 is 0 Å². The maximum Gasteiger partial charge on any atom is 0.342 e. The summed E-state index contributed by atoms with van der Waals surface area (Å²) in [6.45, 7) is 7.48. The summed E-state index contributed by atoms with van der Waals surface area (Å²) in [4.78, 5) is 41.3. The van der Waals surface area contributed by atoms with Gasteiger partial charge >= 0.3 is 6.03 Å². The summed E-state index contributed by atoms with van der Waals surface area (Å²) < 4.78 is 0. The van der Waals surface area contributed by atoms with Gasteiger partial charge in [0.25, 0.3) is 5.91 Å². The molecule has 4 amide bonds. The van der Waals surface area contributed by atoms with Crippen molar-refractivity contribution in [1.82, 2.24) is 20.2 Å². The monoisotopic (exact) mass is 433 g/mol. The van der Waals surface area contributed by atoms with E-state index in [2.05, 4.69) is 52.4 Å². The van der Waals surface area contributed by atoms with E-state index in [1.54, 1.807) is 0 Å². The third-order valence-electron chi connectivity index (χ3n) is 6.42. The van der Waals surface area contributed by atoms with Crippen molar-refractivity contribution in [3.8, 4) is 0 Å². The smallest absolute Gasteiger partial charge is 0.342 e. The number of nitrogens with zero attached hydrogens (tertiary/aromatic N) is 4. The van der Waals surface area contributed by atoms with Crippen LogP contribution in [0.1, 0.15) is 33.5 Å². The first-order valence-electron chi connectivity index (χ1n) is 11.1. The Labute approximate surface area is 187 Å². The number of hydrogen-bond acceptors (Lipinski definition) is 5. The second-order valence-corrected chi connectivity index (χ2v) is 8.68. The van der Waals surface area contributed by atoms with Crippen molar-refractivity contribution in [2.75, 3.05) is 37.6 Å². The summed E-state index contributed by atoms with van der Waals surface area (Å²) in [5, 5.41) is 5.06. The average Bonchev–Trinajstić information content (AvgIpc) is 3.10. The van der Waals surface area contributed by atoms with Crippen LogP contribution < -0.4 is 10.2 Å². The Morgan fingerprint density at radius 3 is 2.47 bits per heavy atom. The van der Waals surface area contributed by atoms with Gasteiger partial charge in [-0.1, -0.05) is 24.3 Å². The van der Waals surface area contributed by atoms with E-state index in [1.807, 2.05) is 12.1 Å². The molecule has 0 bridgehead atoms. The quantitative estimate of drug-likeness (QED) is 0.800. The number of anilines is 1. The zero-order valence-electron chi connectivity index (χ0n) is 18.2. The van der Waals surface area contributed by atoms with E-state index < -0.39 is 6.03 Å². The molecule has 166 valence electrons. The maximum atomic E-state index is 12.8. The number of amides is 4. The molecule has 0 radical (unpaired) electrons. The largest absolute Gasteiger partial charge is 0.369 e. The van der Waals surface area contributed by atoms with Crippen molar-refractivity contribution in [1.29, 1.82) is 0 Å². The lowest BCUT2D eigenvalue weighted by Gasteiger charge is -2.36. The van der Waals surface area contributed by atoms with Gasteiger partial charge in [-0.05, 0) is 41.8 Å². The fourth-order valence-corrected chi connectivity index (χ4v) is 4.68. The average molecular weight is 434 g/mol. The number of benzene rings is 2. The van der Waals surface area contributed by atoms with Gasteiger partial charge in [0.15, 0.2) is 0 Å². The van der Waals surface area contributed by atoms with Gasteiger partial charge in [-0.15, -0.1) is 0 Å². The number of carbonyl (C=O) groups is 3. The number of hydrazine groups is 1. The molecule has 3 heterocycles. The lowest BCUT2D eigenvalue weighted by atomic mass is 10.1. The molecule has 0 saturated carbocycles. The van der Waals surface area contributed by atoms with Crippen molar-refractivity contribution in [3.05, 3.63) is 64.7 Å². The van der Waals surface area contributed by atoms with E-state index in [0.29, 0.717) is 12.1 Å². The summed E-state index contributed by atoms with van der Waals surface area (Å²) in [5.41, 5.74) is 5.28. The van der Waals surface area contributed by atoms with Gasteiger partial charge in [-0.2, -0.15) is 0 Å². The Morgan fingerprint density at radius 1 is 0.906 bits per heavy atom. The van der Waals surface area contributed by atoms with Gasteiger partial charge in [0.1, 0.15) is 0 Å². The lowest BCUT2D eigenvalue weighted by Crippen LogP contribution is -2.56. The number of hydrogen-bond donors (Lipinski definition) is 1. The molecule has 0 aromatic heterocycles. The van der Waals surface area contributed by atoms with Crippen LogP contribution in [-0.4, -0.2) is 65.5 Å². The molecule has 3 aliphatic heterocycles. The molecule has 8 nitrogen and oxygen atoms in total. The van der Waals surface area contributed by atoms with E-state index in [1.165, 1.54) is 26.8 Å². The summed E-state index contributed by atoms with van der Waals surface area (Å²) in [5.74, 6) is -0.497. The summed E-state index contributed by atoms with van der Waals surface area (Å²) >= 11 is 0. The van der Waals surface area contributed by atoms with Crippen LogP contribution in [0.5, 0.6) is 0 Å². The van der Waals surface area contributed by atoms with Crippen LogP contribution in [0.3, 0.4) is 0 Å². The molecule has 0 aliphatic carbocycles. The van der Waals surface area contributed by atoms with Crippen LogP contribution in [-0.2, 0) is 17.9 Å². The van der Waals surface area contributed by atoms with Gasteiger partial charge in [0.2, 0.25) is 5.91 Å². The van der Waals surface area contributed by atoms with Crippen LogP contribution in [0.4, 0.5) is 10.5 Å². The molecule has 5 rings (SSSR count). The van der Waals surface area contributed by atoms with Crippen LogP contribution in [0.25, 0.3) is 0 Å². The Morgan fingerprint density at radius 2 is 1.72 bits per heavy atom. The van der Waals surface area contributed by atoms with Crippen molar-refractivity contribution in [3.63, 3.8) is 0 Å². The highest BCUT2D eigenvalue weighted by atomic mass is 16.2. The molecule has 2 aromatic rings. The summed E-state index contributed by atoms with van der Waals surface area (Å²) in [7, 11) is 0. The first-order chi connectivity index (χ1) is 15.5. The van der Waals surface area contributed by atoms with E-state index in [0.717, 1.165) is 38.3 Å². The van der Waals surface area contributed by atoms with Crippen molar-refractivity contribution < 1.29 is 14.4 Å². The normalized spacial score (nSPS) is 19.4. The van der Waals surface area contributed by atoms with E-state index in [9.17, 15) is 14.4 Å². The number of piperazine rings is 1. The molecule has 3 aliphatic rings. The number of nitrogens with one attached hydrogen (secondary N) is 1. The first-order valence-corrected chi connectivity index (χ1v) is 11.1. The predicted molar refractivity (Wildman–Crippen MR) is 120 cm³/mol. The molecular weight excluding hydrogens is 406 g/mol. The number of fused-ring (bicyclic) bond motifs is 1. The highest BCUT2D eigenvalue weighted by molar-refractivity contribution is 6.01. The zero-order valence-corrected chi connectivity index (χ0v) is 18.2. The first kappa shape index (κ1) is 20.5. The van der Waals surface area contributed by atoms with Crippen molar-refractivity contribution >= 4 is 23.5 Å². The van der Waals surface area contributed by atoms with Crippen LogP contribution in [0.2, 0.25) is 0 Å². The molecule has 32 heavy (non-hydrogen) atoms. The van der Waals surface area contributed by atoms with E-state index >= 15 is 0 Å². The van der Waals surface area contributed by atoms with E-state index in [-0.39, 0.29) is 24.8 Å². The number of carbonyl (C=O) groups excluding carboxylic acids is 3. The maximum absolute atomic E-state index is 12.8. The molecule has 2 fully saturated rings. The summed E-state index contributed by atoms with van der Waals surface area (Å²) in [6.07, 6.45) is 0.200. The molecule has 1 N–H and O–H groups in total. The van der Waals surface area contributed by atoms with Gasteiger partial charge in [0.05, 0.1) is 13.1 Å². The number of rotatable bonds is 4. The Bertz CT molecular complexity index is 1080. The van der Waals surface area contributed by atoms with Crippen LogP contribution in [0, 0.1) is 6.92 Å². The highest BCUT2D eigenvalue weighted by Crippen LogP contribution is 2.27. The Hall–Kier alpha value is -3.39. The minimum atomic E-state index is -0.533. The van der Waals surface area contributed by atoms with Crippen molar-refractivity contribution in [2.24, 2.45) is 0 Å². The third-order valence-corrected chi connectivity index (χ3v) is 6.42. The lowest BCUT2D eigenvalue weighted by molar-refractivity contribution is -0.123. The molecular formula is C24H27N5O3. The van der Waals surface area contributed by atoms with Crippen molar-refractivity contribution in [2.45, 2.75) is 26.4 Å². The number of imide groups is 1. The standard InChI is InChI=1S/C24H27N5O3/c1-17-3-2-4-20(13-17)27-11-9-26(10-12-27)15-18-5-6-21-19(14-18)16-29(23(21)31)28-8-7-22(30)25-24(28)32/h2-6,13-14H,7-12,15-16H2,1H3,(H,25,30,32). The second kappa shape index (κ2) is 8.27. The van der Waals surface area contributed by atoms with Gasteiger partial charge in [-0.25, -0.2) is 14.8 Å². The Kier molecular flexibility index (Phi) is 5.30. The molecule has 0 unspecified atom stereocenters. The molecule has 8 heteroatoms. The zero-order chi connectivity index (χ0) is 22.2. The van der Waals surface area contributed by atoms with E-state index in [4.69, 9.17) is 0 Å². The molecule has 2 aromatic carbocycles. The van der Waals surface area contributed by atoms with Gasteiger partial charge < -0.3 is 4.90 Å². The fraction of sp³-hybridized carbons (Fsp3) is 0.375. The van der Waals surface area contributed by atoms with Crippen LogP contribution in [0.15, 0.2) is 42.5 Å². The minimum Gasteiger partial charge on any atom is -0.369 e. The number of urea groups is 1. The molecule has 0 spiro atoms. The summed E-state index contributed by atoms with van der Waals surface area (Å²) in [6, 6.07) is 14.0. The highest BCUT2D eigenvalue weighted by Gasteiger charge is 2.36. The minimum absolute atomic E-state index is 0.192. The fourth-order valence-electron chi connectivity index (χ4n) is 4.68. The third kappa shape index (κ3) is 3.93. The molecule has 0 atom stereocenters.